The molecule has 0 spiro atoms. The molecule has 0 aromatic carbocycles. The second-order valence-electron chi connectivity index (χ2n) is 7.34. The molecule has 0 bridgehead atoms. The van der Waals surface area contributed by atoms with Gasteiger partial charge in [0, 0.05) is 44.7 Å². The molecule has 2 rings (SSSR count). The Bertz CT molecular complexity index is 329. The van der Waals surface area contributed by atoms with Gasteiger partial charge in [0.2, 0.25) is 5.91 Å². The van der Waals surface area contributed by atoms with Crippen LogP contribution in [-0.2, 0) is 4.79 Å². The molecular weight excluding hydrogens is 262 g/mol. The Labute approximate surface area is 130 Å². The Morgan fingerprint density at radius 2 is 1.71 bits per heavy atom. The molecule has 1 aliphatic heterocycles. The number of hydrogen-bond donors (Lipinski definition) is 1. The smallest absolute Gasteiger partial charge is 0.224 e. The lowest BCUT2D eigenvalue weighted by Gasteiger charge is -2.40. The van der Waals surface area contributed by atoms with Gasteiger partial charge in [0.15, 0.2) is 0 Å². The van der Waals surface area contributed by atoms with E-state index in [9.17, 15) is 4.79 Å². The summed E-state index contributed by atoms with van der Waals surface area (Å²) < 4.78 is 0. The molecule has 0 unspecified atom stereocenters. The second-order valence-corrected chi connectivity index (χ2v) is 7.34. The SMILES string of the molecule is CNC1(CC(=O)N2CCN(CC(C)C)CC2)CCCCC1. The third-order valence-electron chi connectivity index (χ3n) is 5.18. The summed E-state index contributed by atoms with van der Waals surface area (Å²) in [6.07, 6.45) is 6.84. The zero-order valence-corrected chi connectivity index (χ0v) is 14.2. The summed E-state index contributed by atoms with van der Waals surface area (Å²) in [4.78, 5) is 17.2. The van der Waals surface area contributed by atoms with Crippen LogP contribution in [0.3, 0.4) is 0 Å². The van der Waals surface area contributed by atoms with E-state index in [1.54, 1.807) is 0 Å². The average molecular weight is 295 g/mol. The van der Waals surface area contributed by atoms with Crippen molar-refractivity contribution in [2.45, 2.75) is 57.9 Å². The van der Waals surface area contributed by atoms with Crippen LogP contribution < -0.4 is 5.32 Å². The van der Waals surface area contributed by atoms with Crippen LogP contribution in [0.1, 0.15) is 52.4 Å². The summed E-state index contributed by atoms with van der Waals surface area (Å²) >= 11 is 0. The highest BCUT2D eigenvalue weighted by Gasteiger charge is 2.34. The molecule has 4 nitrogen and oxygen atoms in total. The van der Waals surface area contributed by atoms with E-state index in [0.29, 0.717) is 18.2 Å². The first-order chi connectivity index (χ1) is 10.0. The lowest BCUT2D eigenvalue weighted by Crippen LogP contribution is -2.53. The van der Waals surface area contributed by atoms with E-state index in [2.05, 4.69) is 29.0 Å². The molecule has 0 radical (unpaired) electrons. The van der Waals surface area contributed by atoms with Gasteiger partial charge in [-0.2, -0.15) is 0 Å². The van der Waals surface area contributed by atoms with Crippen molar-refractivity contribution < 1.29 is 4.79 Å². The van der Waals surface area contributed by atoms with E-state index in [1.165, 1.54) is 19.3 Å². The molecule has 0 aromatic heterocycles. The lowest BCUT2D eigenvalue weighted by molar-refractivity contribution is -0.135. The molecule has 2 fully saturated rings. The molecule has 2 aliphatic rings. The maximum atomic E-state index is 12.6. The molecule has 122 valence electrons. The van der Waals surface area contributed by atoms with Gasteiger partial charge in [-0.15, -0.1) is 0 Å². The predicted octanol–water partition coefficient (Wildman–Crippen LogP) is 2.10. The fourth-order valence-electron chi connectivity index (χ4n) is 3.84. The molecule has 1 heterocycles. The quantitative estimate of drug-likeness (QED) is 0.844. The molecule has 1 saturated heterocycles. The van der Waals surface area contributed by atoms with Crippen molar-refractivity contribution in [3.05, 3.63) is 0 Å². The number of rotatable bonds is 5. The minimum atomic E-state index is 0.0738. The summed E-state index contributed by atoms with van der Waals surface area (Å²) in [6, 6.07) is 0. The highest BCUT2D eigenvalue weighted by Crippen LogP contribution is 2.31. The first-order valence-corrected chi connectivity index (χ1v) is 8.74. The van der Waals surface area contributed by atoms with Crippen LogP contribution in [0.25, 0.3) is 0 Å². The second kappa shape index (κ2) is 7.59. The number of nitrogens with one attached hydrogen (secondary N) is 1. The number of amides is 1. The molecule has 1 amide bonds. The van der Waals surface area contributed by atoms with Gasteiger partial charge in [-0.05, 0) is 25.8 Å². The number of carbonyl (C=O) groups is 1. The zero-order valence-electron chi connectivity index (χ0n) is 14.2. The van der Waals surface area contributed by atoms with E-state index in [4.69, 9.17) is 0 Å². The highest BCUT2D eigenvalue weighted by atomic mass is 16.2. The summed E-state index contributed by atoms with van der Waals surface area (Å²) in [5.41, 5.74) is 0.0738. The first-order valence-electron chi connectivity index (χ1n) is 8.74. The van der Waals surface area contributed by atoms with Crippen LogP contribution in [0.15, 0.2) is 0 Å². The van der Waals surface area contributed by atoms with Crippen molar-refractivity contribution in [3.63, 3.8) is 0 Å². The third-order valence-corrected chi connectivity index (χ3v) is 5.18. The van der Waals surface area contributed by atoms with E-state index in [-0.39, 0.29) is 5.54 Å². The molecule has 0 aromatic rings. The van der Waals surface area contributed by atoms with Crippen molar-refractivity contribution in [2.75, 3.05) is 39.8 Å². The van der Waals surface area contributed by atoms with Crippen LogP contribution in [0.2, 0.25) is 0 Å². The highest BCUT2D eigenvalue weighted by molar-refractivity contribution is 5.77. The predicted molar refractivity (Wildman–Crippen MR) is 87.4 cm³/mol. The fraction of sp³-hybridized carbons (Fsp3) is 0.941. The van der Waals surface area contributed by atoms with Crippen molar-refractivity contribution in [3.8, 4) is 0 Å². The summed E-state index contributed by atoms with van der Waals surface area (Å²) in [5.74, 6) is 1.07. The van der Waals surface area contributed by atoms with Crippen LogP contribution in [0.4, 0.5) is 0 Å². The minimum absolute atomic E-state index is 0.0738. The van der Waals surface area contributed by atoms with Crippen molar-refractivity contribution in [1.82, 2.24) is 15.1 Å². The first kappa shape index (κ1) is 16.8. The van der Waals surface area contributed by atoms with E-state index < -0.39 is 0 Å². The van der Waals surface area contributed by atoms with Crippen LogP contribution in [-0.4, -0.2) is 61.0 Å². The average Bonchev–Trinajstić information content (AvgIpc) is 2.48. The Morgan fingerprint density at radius 1 is 1.10 bits per heavy atom. The Balaban J connectivity index is 1.81. The monoisotopic (exact) mass is 295 g/mol. The summed E-state index contributed by atoms with van der Waals surface area (Å²) in [6.45, 7) is 9.57. The molecule has 0 atom stereocenters. The Kier molecular flexibility index (Phi) is 6.06. The van der Waals surface area contributed by atoms with Gasteiger partial charge in [-0.25, -0.2) is 0 Å². The fourth-order valence-corrected chi connectivity index (χ4v) is 3.84. The summed E-state index contributed by atoms with van der Waals surface area (Å²) in [5, 5.41) is 3.46. The number of hydrogen-bond acceptors (Lipinski definition) is 3. The normalized spacial score (nSPS) is 23.5. The number of nitrogens with zero attached hydrogens (tertiary/aromatic N) is 2. The molecule has 1 saturated carbocycles. The largest absolute Gasteiger partial charge is 0.340 e. The number of piperazine rings is 1. The maximum Gasteiger partial charge on any atom is 0.224 e. The van der Waals surface area contributed by atoms with Gasteiger partial charge in [0.1, 0.15) is 0 Å². The zero-order chi connectivity index (χ0) is 15.3. The van der Waals surface area contributed by atoms with Gasteiger partial charge in [0.05, 0.1) is 0 Å². The number of carbonyl (C=O) groups excluding carboxylic acids is 1. The van der Waals surface area contributed by atoms with Crippen molar-refractivity contribution >= 4 is 5.91 Å². The van der Waals surface area contributed by atoms with Crippen LogP contribution in [0.5, 0.6) is 0 Å². The van der Waals surface area contributed by atoms with E-state index in [1.807, 2.05) is 7.05 Å². The Hall–Kier alpha value is -0.610. The molecule has 1 N–H and O–H groups in total. The topological polar surface area (TPSA) is 35.6 Å². The van der Waals surface area contributed by atoms with E-state index >= 15 is 0 Å². The van der Waals surface area contributed by atoms with Gasteiger partial charge < -0.3 is 10.2 Å². The lowest BCUT2D eigenvalue weighted by atomic mass is 9.79. The molecule has 1 aliphatic carbocycles. The standard InChI is InChI=1S/C17H33N3O/c1-15(2)14-19-9-11-20(12-10-19)16(21)13-17(18-3)7-5-4-6-8-17/h15,18H,4-14H2,1-3H3. The Morgan fingerprint density at radius 3 is 2.24 bits per heavy atom. The van der Waals surface area contributed by atoms with E-state index in [0.717, 1.165) is 45.6 Å². The molecule has 21 heavy (non-hydrogen) atoms. The molecular formula is C17H33N3O. The minimum Gasteiger partial charge on any atom is -0.340 e. The van der Waals surface area contributed by atoms with Gasteiger partial charge >= 0.3 is 0 Å². The van der Waals surface area contributed by atoms with Crippen LogP contribution >= 0.6 is 0 Å². The molecule has 4 heteroatoms. The van der Waals surface area contributed by atoms with Gasteiger partial charge in [-0.1, -0.05) is 33.1 Å². The van der Waals surface area contributed by atoms with Gasteiger partial charge in [-0.3, -0.25) is 9.69 Å². The van der Waals surface area contributed by atoms with Crippen LogP contribution in [0, 0.1) is 5.92 Å². The van der Waals surface area contributed by atoms with Crippen molar-refractivity contribution in [1.29, 1.82) is 0 Å². The third kappa shape index (κ3) is 4.68. The van der Waals surface area contributed by atoms with Crippen molar-refractivity contribution in [2.24, 2.45) is 5.92 Å². The summed E-state index contributed by atoms with van der Waals surface area (Å²) in [7, 11) is 2.03. The van der Waals surface area contributed by atoms with Gasteiger partial charge in [0.25, 0.3) is 0 Å². The maximum absolute atomic E-state index is 12.6.